The number of hydrogen-bond acceptors (Lipinski definition) is 3. The van der Waals surface area contributed by atoms with Gasteiger partial charge in [0.25, 0.3) is 0 Å². The predicted octanol–water partition coefficient (Wildman–Crippen LogP) is 2.06. The molecule has 0 atom stereocenters. The molecule has 0 radical (unpaired) electrons. The zero-order chi connectivity index (χ0) is 15.7. The molecule has 0 aliphatic heterocycles. The van der Waals surface area contributed by atoms with Crippen molar-refractivity contribution in [3.05, 3.63) is 0 Å². The van der Waals surface area contributed by atoms with Crippen LogP contribution in [0.15, 0.2) is 0 Å². The topological polar surface area (TPSA) is 43.7 Å². The second kappa shape index (κ2) is 21.7. The van der Waals surface area contributed by atoms with Crippen molar-refractivity contribution in [3.8, 4) is 0 Å². The molecule has 0 bridgehead atoms. The number of alkyl halides is 1. The molecule has 0 saturated carbocycles. The van der Waals surface area contributed by atoms with Gasteiger partial charge in [-0.1, -0.05) is 13.8 Å². The van der Waals surface area contributed by atoms with Crippen molar-refractivity contribution in [2.24, 2.45) is 0 Å². The van der Waals surface area contributed by atoms with Gasteiger partial charge in [-0.3, -0.25) is 0 Å². The summed E-state index contributed by atoms with van der Waals surface area (Å²) >= 11 is 4.94. The molecule has 2 N–H and O–H groups in total. The van der Waals surface area contributed by atoms with E-state index < -0.39 is 0 Å². The highest BCUT2D eigenvalue weighted by molar-refractivity contribution is 6.17. The van der Waals surface area contributed by atoms with Crippen LogP contribution in [0.2, 0.25) is 0 Å². The van der Waals surface area contributed by atoms with Gasteiger partial charge in [-0.05, 0) is 33.5 Å². The molecule has 0 aromatic rings. The fraction of sp³-hybridized carbons (Fsp3) is 1.00. The van der Waals surface area contributed by atoms with Gasteiger partial charge in [-0.2, -0.15) is 0 Å². The van der Waals surface area contributed by atoms with Gasteiger partial charge in [0.1, 0.15) is 6.54 Å². The molecule has 0 aromatic carbocycles. The molecule has 128 valence electrons. The number of hydrogen-bond donors (Lipinski definition) is 2. The van der Waals surface area contributed by atoms with Gasteiger partial charge < -0.3 is 19.6 Å². The van der Waals surface area contributed by atoms with Gasteiger partial charge in [-0.25, -0.2) is 0 Å². The Labute approximate surface area is 137 Å². The van der Waals surface area contributed by atoms with Crippen LogP contribution in [0.4, 0.5) is 0 Å². The molecule has 0 aliphatic rings. The molecule has 0 aromatic heterocycles. The third-order valence-corrected chi connectivity index (χ3v) is 2.46. The van der Waals surface area contributed by atoms with Crippen molar-refractivity contribution in [1.29, 1.82) is 0 Å². The van der Waals surface area contributed by atoms with E-state index in [9.17, 15) is 0 Å². The SMILES string of the molecule is CCCN(C)C.CCC[N+](C)(C)CCO.Cl.OCCCl. The number of nitrogens with zero attached hydrogens (tertiary/aromatic N) is 2. The second-order valence-corrected chi connectivity index (χ2v) is 5.70. The van der Waals surface area contributed by atoms with E-state index in [0.717, 1.165) is 17.6 Å². The molecule has 0 saturated heterocycles. The normalized spacial score (nSPS) is 9.90. The summed E-state index contributed by atoms with van der Waals surface area (Å²) in [5, 5.41) is 16.4. The molecule has 4 nitrogen and oxygen atoms in total. The third kappa shape index (κ3) is 36.2. The molecule has 6 heteroatoms. The Hall–Kier alpha value is 0.420. The maximum atomic E-state index is 8.61. The van der Waals surface area contributed by atoms with Gasteiger partial charge in [-0.15, -0.1) is 24.0 Å². The molecular weight excluding hydrogens is 299 g/mol. The summed E-state index contributed by atoms with van der Waals surface area (Å²) in [6, 6.07) is 0. The molecule has 0 amide bonds. The maximum absolute atomic E-state index is 8.61. The first kappa shape index (κ1) is 28.6. The zero-order valence-corrected chi connectivity index (χ0v) is 15.8. The maximum Gasteiger partial charge on any atom is 0.102 e. The average molecular weight is 336 g/mol. The molecule has 0 rings (SSSR count). The van der Waals surface area contributed by atoms with E-state index in [2.05, 4.69) is 46.9 Å². The smallest absolute Gasteiger partial charge is 0.102 e. The lowest BCUT2D eigenvalue weighted by Crippen LogP contribution is -2.42. The lowest BCUT2D eigenvalue weighted by molar-refractivity contribution is -0.890. The molecule has 0 fully saturated rings. The van der Waals surface area contributed by atoms with E-state index in [4.69, 9.17) is 21.8 Å². The highest BCUT2D eigenvalue weighted by atomic mass is 35.5. The van der Waals surface area contributed by atoms with Crippen molar-refractivity contribution >= 4 is 24.0 Å². The van der Waals surface area contributed by atoms with Crippen LogP contribution in [0, 0.1) is 0 Å². The minimum Gasteiger partial charge on any atom is -0.395 e. The third-order valence-electron chi connectivity index (χ3n) is 2.29. The fourth-order valence-electron chi connectivity index (χ4n) is 1.44. The Balaban J connectivity index is -0.000000102. The summed E-state index contributed by atoms with van der Waals surface area (Å²) in [6.45, 7) is 7.96. The van der Waals surface area contributed by atoms with Crippen molar-refractivity contribution in [3.63, 3.8) is 0 Å². The van der Waals surface area contributed by atoms with E-state index in [1.807, 2.05) is 0 Å². The van der Waals surface area contributed by atoms with Gasteiger partial charge >= 0.3 is 0 Å². The monoisotopic (exact) mass is 335 g/mol. The van der Waals surface area contributed by atoms with E-state index in [1.165, 1.54) is 19.4 Å². The minimum atomic E-state index is 0. The fourth-order valence-corrected chi connectivity index (χ4v) is 1.44. The first-order valence-corrected chi connectivity index (χ1v) is 7.59. The number of likely N-dealkylation sites (N-methyl/N-ethyl adjacent to an activating group) is 1. The lowest BCUT2D eigenvalue weighted by atomic mass is 10.4. The number of rotatable bonds is 7. The summed E-state index contributed by atoms with van der Waals surface area (Å²) < 4.78 is 0.938. The molecule has 20 heavy (non-hydrogen) atoms. The summed E-state index contributed by atoms with van der Waals surface area (Å²) in [4.78, 5) is 2.18. The highest BCUT2D eigenvalue weighted by Crippen LogP contribution is 1.96. The van der Waals surface area contributed by atoms with E-state index in [-0.39, 0.29) is 19.0 Å². The Bertz CT molecular complexity index is 150. The van der Waals surface area contributed by atoms with Gasteiger partial charge in [0.2, 0.25) is 0 Å². The lowest BCUT2D eigenvalue weighted by Gasteiger charge is -2.28. The second-order valence-electron chi connectivity index (χ2n) is 5.32. The van der Waals surface area contributed by atoms with Crippen LogP contribution in [-0.4, -0.2) is 86.5 Å². The molecule has 0 aliphatic carbocycles. The van der Waals surface area contributed by atoms with E-state index >= 15 is 0 Å². The Morgan fingerprint density at radius 3 is 1.55 bits per heavy atom. The van der Waals surface area contributed by atoms with Crippen molar-refractivity contribution in [1.82, 2.24) is 4.90 Å². The summed E-state index contributed by atoms with van der Waals surface area (Å²) in [5.41, 5.74) is 0. The quantitative estimate of drug-likeness (QED) is 0.552. The number of quaternary nitrogens is 1. The number of halogens is 2. The Kier molecular flexibility index (Phi) is 31.0. The highest BCUT2D eigenvalue weighted by Gasteiger charge is 2.10. The predicted molar refractivity (Wildman–Crippen MR) is 93.1 cm³/mol. The number of aliphatic hydroxyl groups is 2. The van der Waals surface area contributed by atoms with Crippen LogP contribution in [0.1, 0.15) is 26.7 Å². The molecule has 0 heterocycles. The van der Waals surface area contributed by atoms with Crippen molar-refractivity contribution in [2.75, 3.05) is 66.9 Å². The largest absolute Gasteiger partial charge is 0.395 e. The molecular formula is C14H37Cl2N2O2+. The van der Waals surface area contributed by atoms with Crippen LogP contribution in [0.5, 0.6) is 0 Å². The van der Waals surface area contributed by atoms with Crippen LogP contribution in [-0.2, 0) is 0 Å². The standard InChI is InChI=1S/C7H18NO.C5H13N.C2H5ClO.ClH/c1-4-5-8(2,3)6-7-9;1-4-5-6(2)3;3-1-2-4;/h9H,4-7H2,1-3H3;4-5H2,1-3H3;4H,1-2H2;1H/q+1;;;. The van der Waals surface area contributed by atoms with Gasteiger partial charge in [0.15, 0.2) is 0 Å². The van der Waals surface area contributed by atoms with E-state index in [1.54, 1.807) is 0 Å². The summed E-state index contributed by atoms with van der Waals surface area (Å²) in [5.74, 6) is 0.347. The average Bonchev–Trinajstić information content (AvgIpc) is 2.29. The zero-order valence-electron chi connectivity index (χ0n) is 14.2. The minimum absolute atomic E-state index is 0. The Morgan fingerprint density at radius 1 is 0.950 bits per heavy atom. The Morgan fingerprint density at radius 2 is 1.40 bits per heavy atom. The van der Waals surface area contributed by atoms with E-state index in [0.29, 0.717) is 12.5 Å². The van der Waals surface area contributed by atoms with Gasteiger partial charge in [0.05, 0.1) is 33.9 Å². The molecule has 0 spiro atoms. The summed E-state index contributed by atoms with van der Waals surface area (Å²) in [7, 11) is 8.45. The van der Waals surface area contributed by atoms with Crippen molar-refractivity contribution in [2.45, 2.75) is 26.7 Å². The van der Waals surface area contributed by atoms with Crippen LogP contribution < -0.4 is 0 Å². The first-order chi connectivity index (χ1) is 8.81. The molecule has 0 unspecified atom stereocenters. The van der Waals surface area contributed by atoms with Gasteiger partial charge in [0, 0.05) is 5.88 Å². The summed E-state index contributed by atoms with van der Waals surface area (Å²) in [6.07, 6.45) is 2.44. The van der Waals surface area contributed by atoms with Crippen LogP contribution >= 0.6 is 24.0 Å². The first-order valence-electron chi connectivity index (χ1n) is 7.05. The van der Waals surface area contributed by atoms with Crippen molar-refractivity contribution < 1.29 is 14.7 Å². The van der Waals surface area contributed by atoms with Crippen LogP contribution in [0.3, 0.4) is 0 Å². The number of aliphatic hydroxyl groups excluding tert-OH is 2. The van der Waals surface area contributed by atoms with Crippen LogP contribution in [0.25, 0.3) is 0 Å².